The SMILES string of the molecule is Cn1ccnc1CC(O)Cc1ccc(F)cc1F. The predicted octanol–water partition coefficient (Wildman–Crippen LogP) is 1.84. The number of nitrogens with zero attached hydrogens (tertiary/aromatic N) is 2. The van der Waals surface area contributed by atoms with Crippen molar-refractivity contribution in [3.05, 3.63) is 53.6 Å². The van der Waals surface area contributed by atoms with E-state index in [-0.39, 0.29) is 6.42 Å². The lowest BCUT2D eigenvalue weighted by Crippen LogP contribution is -2.17. The van der Waals surface area contributed by atoms with E-state index in [4.69, 9.17) is 0 Å². The Balaban J connectivity index is 2.03. The summed E-state index contributed by atoms with van der Waals surface area (Å²) in [4.78, 5) is 4.08. The van der Waals surface area contributed by atoms with Crippen LogP contribution >= 0.6 is 0 Å². The van der Waals surface area contributed by atoms with Crippen molar-refractivity contribution in [1.29, 1.82) is 0 Å². The van der Waals surface area contributed by atoms with Gasteiger partial charge in [0.05, 0.1) is 6.10 Å². The second kappa shape index (κ2) is 5.27. The molecule has 1 heterocycles. The number of imidazole rings is 1. The first-order chi connectivity index (χ1) is 8.56. The molecule has 1 aromatic carbocycles. The van der Waals surface area contributed by atoms with E-state index in [2.05, 4.69) is 4.98 Å². The highest BCUT2D eigenvalue weighted by molar-refractivity contribution is 5.19. The zero-order valence-corrected chi connectivity index (χ0v) is 9.98. The summed E-state index contributed by atoms with van der Waals surface area (Å²) in [6.45, 7) is 0. The lowest BCUT2D eigenvalue weighted by atomic mass is 10.0. The molecule has 0 spiro atoms. The van der Waals surface area contributed by atoms with Crippen molar-refractivity contribution in [3.8, 4) is 0 Å². The van der Waals surface area contributed by atoms with Gasteiger partial charge in [0.15, 0.2) is 0 Å². The number of aliphatic hydroxyl groups is 1. The Hall–Kier alpha value is -1.75. The van der Waals surface area contributed by atoms with Crippen molar-refractivity contribution in [2.45, 2.75) is 18.9 Å². The Labute approximate surface area is 104 Å². The largest absolute Gasteiger partial charge is 0.392 e. The van der Waals surface area contributed by atoms with E-state index < -0.39 is 17.7 Å². The lowest BCUT2D eigenvalue weighted by Gasteiger charge is -2.11. The lowest BCUT2D eigenvalue weighted by molar-refractivity contribution is 0.170. The van der Waals surface area contributed by atoms with Crippen LogP contribution in [0.15, 0.2) is 30.6 Å². The Kier molecular flexibility index (Phi) is 3.72. The Morgan fingerprint density at radius 3 is 2.72 bits per heavy atom. The second-order valence-electron chi connectivity index (χ2n) is 4.25. The van der Waals surface area contributed by atoms with Crippen LogP contribution in [0.3, 0.4) is 0 Å². The molecule has 0 bridgehead atoms. The maximum absolute atomic E-state index is 13.4. The zero-order valence-electron chi connectivity index (χ0n) is 9.98. The molecule has 0 amide bonds. The molecular formula is C13H14F2N2O. The first kappa shape index (κ1) is 12.7. The van der Waals surface area contributed by atoms with Gasteiger partial charge < -0.3 is 9.67 Å². The summed E-state index contributed by atoms with van der Waals surface area (Å²) in [6.07, 6.45) is 3.14. The number of aryl methyl sites for hydroxylation is 1. The number of halogens is 2. The summed E-state index contributed by atoms with van der Waals surface area (Å²) < 4.78 is 27.9. The van der Waals surface area contributed by atoms with Crippen molar-refractivity contribution in [2.24, 2.45) is 7.05 Å². The first-order valence-electron chi connectivity index (χ1n) is 5.64. The molecule has 96 valence electrons. The van der Waals surface area contributed by atoms with Gasteiger partial charge >= 0.3 is 0 Å². The number of aromatic nitrogens is 2. The average Bonchev–Trinajstić information content (AvgIpc) is 2.69. The van der Waals surface area contributed by atoms with Crippen LogP contribution in [0.5, 0.6) is 0 Å². The molecule has 1 aromatic heterocycles. The summed E-state index contributed by atoms with van der Waals surface area (Å²) in [5.41, 5.74) is 0.304. The number of hydrogen-bond donors (Lipinski definition) is 1. The molecule has 1 unspecified atom stereocenters. The molecule has 1 atom stereocenters. The van der Waals surface area contributed by atoms with E-state index in [1.165, 1.54) is 12.1 Å². The molecule has 0 aliphatic heterocycles. The van der Waals surface area contributed by atoms with Crippen molar-refractivity contribution in [2.75, 3.05) is 0 Å². The minimum absolute atomic E-state index is 0.138. The number of hydrogen-bond acceptors (Lipinski definition) is 2. The minimum atomic E-state index is -0.744. The van der Waals surface area contributed by atoms with Gasteiger partial charge in [-0.25, -0.2) is 13.8 Å². The molecule has 1 N–H and O–H groups in total. The molecule has 3 nitrogen and oxygen atoms in total. The molecular weight excluding hydrogens is 238 g/mol. The van der Waals surface area contributed by atoms with Gasteiger partial charge in [-0.05, 0) is 11.6 Å². The van der Waals surface area contributed by atoms with Crippen LogP contribution in [0.4, 0.5) is 8.78 Å². The second-order valence-corrected chi connectivity index (χ2v) is 4.25. The predicted molar refractivity (Wildman–Crippen MR) is 63.0 cm³/mol. The van der Waals surface area contributed by atoms with Crippen molar-refractivity contribution in [1.82, 2.24) is 9.55 Å². The van der Waals surface area contributed by atoms with Gasteiger partial charge in [-0.2, -0.15) is 0 Å². The third-order valence-corrected chi connectivity index (χ3v) is 2.81. The van der Waals surface area contributed by atoms with Crippen molar-refractivity contribution in [3.63, 3.8) is 0 Å². The Morgan fingerprint density at radius 1 is 1.33 bits per heavy atom. The van der Waals surface area contributed by atoms with Crippen molar-refractivity contribution >= 4 is 0 Å². The highest BCUT2D eigenvalue weighted by Crippen LogP contribution is 2.13. The standard InChI is InChI=1S/C13H14F2N2O/c1-17-5-4-16-13(17)8-11(18)6-9-2-3-10(14)7-12(9)15/h2-5,7,11,18H,6,8H2,1H3. The first-order valence-corrected chi connectivity index (χ1v) is 5.64. The summed E-state index contributed by atoms with van der Waals surface area (Å²) in [6, 6.07) is 3.36. The number of rotatable bonds is 4. The third kappa shape index (κ3) is 2.92. The Bertz CT molecular complexity index is 540. The van der Waals surface area contributed by atoms with Crippen LogP contribution in [0.1, 0.15) is 11.4 Å². The van der Waals surface area contributed by atoms with Gasteiger partial charge in [-0.15, -0.1) is 0 Å². The van der Waals surface area contributed by atoms with E-state index in [0.29, 0.717) is 12.0 Å². The summed E-state index contributed by atoms with van der Waals surface area (Å²) in [5, 5.41) is 9.88. The highest BCUT2D eigenvalue weighted by atomic mass is 19.1. The van der Waals surface area contributed by atoms with E-state index >= 15 is 0 Å². The molecule has 18 heavy (non-hydrogen) atoms. The van der Waals surface area contributed by atoms with E-state index in [1.54, 1.807) is 17.0 Å². The number of benzene rings is 1. The molecule has 5 heteroatoms. The van der Waals surface area contributed by atoms with Crippen molar-refractivity contribution < 1.29 is 13.9 Å². The van der Waals surface area contributed by atoms with Gasteiger partial charge in [-0.1, -0.05) is 6.07 Å². The minimum Gasteiger partial charge on any atom is -0.392 e. The van der Waals surface area contributed by atoms with E-state index in [0.717, 1.165) is 11.9 Å². The molecule has 2 rings (SSSR count). The molecule has 0 aliphatic carbocycles. The monoisotopic (exact) mass is 252 g/mol. The summed E-state index contributed by atoms with van der Waals surface area (Å²) in [7, 11) is 1.83. The highest BCUT2D eigenvalue weighted by Gasteiger charge is 2.13. The topological polar surface area (TPSA) is 38.0 Å². The maximum Gasteiger partial charge on any atom is 0.129 e. The van der Waals surface area contributed by atoms with Crippen LogP contribution in [-0.4, -0.2) is 20.8 Å². The fourth-order valence-electron chi connectivity index (χ4n) is 1.82. The van der Waals surface area contributed by atoms with Crippen LogP contribution in [0, 0.1) is 11.6 Å². The molecule has 0 aliphatic rings. The van der Waals surface area contributed by atoms with Crippen LogP contribution in [0.25, 0.3) is 0 Å². The van der Waals surface area contributed by atoms with Gasteiger partial charge in [0.25, 0.3) is 0 Å². The van der Waals surface area contributed by atoms with Crippen LogP contribution in [-0.2, 0) is 19.9 Å². The van der Waals surface area contributed by atoms with Gasteiger partial charge in [0.1, 0.15) is 17.5 Å². The van der Waals surface area contributed by atoms with Crippen LogP contribution in [0.2, 0.25) is 0 Å². The maximum atomic E-state index is 13.4. The fraction of sp³-hybridized carbons (Fsp3) is 0.308. The van der Waals surface area contributed by atoms with E-state index in [1.807, 2.05) is 7.05 Å². The zero-order chi connectivity index (χ0) is 13.1. The summed E-state index contributed by atoms with van der Waals surface area (Å²) in [5.74, 6) is -0.520. The molecule has 0 saturated carbocycles. The van der Waals surface area contributed by atoms with Gasteiger partial charge in [0, 0.05) is 38.3 Å². The van der Waals surface area contributed by atoms with E-state index in [9.17, 15) is 13.9 Å². The molecule has 0 radical (unpaired) electrons. The van der Waals surface area contributed by atoms with Crippen LogP contribution < -0.4 is 0 Å². The van der Waals surface area contributed by atoms with Gasteiger partial charge in [0.2, 0.25) is 0 Å². The summed E-state index contributed by atoms with van der Waals surface area (Å²) >= 11 is 0. The molecule has 0 saturated heterocycles. The average molecular weight is 252 g/mol. The quantitative estimate of drug-likeness (QED) is 0.901. The van der Waals surface area contributed by atoms with Gasteiger partial charge in [-0.3, -0.25) is 0 Å². The normalized spacial score (nSPS) is 12.7. The number of aliphatic hydroxyl groups excluding tert-OH is 1. The molecule has 0 fully saturated rings. The Morgan fingerprint density at radius 2 is 2.11 bits per heavy atom. The fourth-order valence-corrected chi connectivity index (χ4v) is 1.82. The molecule has 2 aromatic rings. The smallest absolute Gasteiger partial charge is 0.129 e. The third-order valence-electron chi connectivity index (χ3n) is 2.81.